The number of benzene rings is 1. The fourth-order valence-corrected chi connectivity index (χ4v) is 2.50. The standard InChI is InChI=1S/C16H14N6O/c1-9-3-5-12-10(7-9)4-6-13(19-12)15-20-21-16(23-15)14-11(17)8-18-22(14)2/h3-8H,17H2,1-2H3. The first kappa shape index (κ1) is 13.4. The Labute approximate surface area is 131 Å². The predicted molar refractivity (Wildman–Crippen MR) is 86.4 cm³/mol. The van der Waals surface area contributed by atoms with Gasteiger partial charge in [0.15, 0.2) is 0 Å². The lowest BCUT2D eigenvalue weighted by Crippen LogP contribution is -1.95. The number of hydrogen-bond donors (Lipinski definition) is 1. The van der Waals surface area contributed by atoms with Crippen LogP contribution in [0.25, 0.3) is 34.1 Å². The van der Waals surface area contributed by atoms with E-state index in [4.69, 9.17) is 10.2 Å². The number of fused-ring (bicyclic) bond motifs is 1. The van der Waals surface area contributed by atoms with Gasteiger partial charge in [-0.3, -0.25) is 4.68 Å². The largest absolute Gasteiger partial charge is 0.413 e. The van der Waals surface area contributed by atoms with Gasteiger partial charge in [0.2, 0.25) is 0 Å². The number of rotatable bonds is 2. The molecule has 0 aliphatic carbocycles. The molecule has 4 aromatic rings. The van der Waals surface area contributed by atoms with Crippen LogP contribution in [0.15, 0.2) is 40.9 Å². The second-order valence-corrected chi connectivity index (χ2v) is 5.38. The molecule has 7 heteroatoms. The predicted octanol–water partition coefficient (Wildman–Crippen LogP) is 2.58. The maximum absolute atomic E-state index is 5.88. The number of pyridine rings is 1. The number of aromatic nitrogens is 5. The average Bonchev–Trinajstić information content (AvgIpc) is 3.13. The highest BCUT2D eigenvalue weighted by Crippen LogP contribution is 2.27. The van der Waals surface area contributed by atoms with Crippen molar-refractivity contribution in [1.29, 1.82) is 0 Å². The van der Waals surface area contributed by atoms with Crippen molar-refractivity contribution in [3.63, 3.8) is 0 Å². The van der Waals surface area contributed by atoms with E-state index in [0.717, 1.165) is 10.9 Å². The summed E-state index contributed by atoms with van der Waals surface area (Å²) in [7, 11) is 1.77. The highest BCUT2D eigenvalue weighted by atomic mass is 16.4. The van der Waals surface area contributed by atoms with Crippen molar-refractivity contribution in [2.75, 3.05) is 5.73 Å². The van der Waals surface area contributed by atoms with E-state index in [9.17, 15) is 0 Å². The molecule has 2 N–H and O–H groups in total. The summed E-state index contributed by atoms with van der Waals surface area (Å²) in [5.41, 5.74) is 9.67. The van der Waals surface area contributed by atoms with Gasteiger partial charge in [-0.2, -0.15) is 5.10 Å². The van der Waals surface area contributed by atoms with Gasteiger partial charge >= 0.3 is 0 Å². The van der Waals surface area contributed by atoms with Gasteiger partial charge < -0.3 is 10.2 Å². The van der Waals surface area contributed by atoms with Gasteiger partial charge in [0.1, 0.15) is 11.4 Å². The molecule has 23 heavy (non-hydrogen) atoms. The van der Waals surface area contributed by atoms with Crippen molar-refractivity contribution in [2.24, 2.45) is 7.05 Å². The molecule has 1 aromatic carbocycles. The number of nitrogen functional groups attached to an aromatic ring is 1. The van der Waals surface area contributed by atoms with Gasteiger partial charge in [0, 0.05) is 12.4 Å². The molecule has 0 amide bonds. The van der Waals surface area contributed by atoms with Crippen LogP contribution in [-0.4, -0.2) is 25.0 Å². The Balaban J connectivity index is 1.78. The summed E-state index contributed by atoms with van der Waals surface area (Å²) in [6.45, 7) is 2.05. The maximum atomic E-state index is 5.88. The lowest BCUT2D eigenvalue weighted by molar-refractivity contribution is 0.573. The summed E-state index contributed by atoms with van der Waals surface area (Å²) in [5, 5.41) is 13.3. The number of nitrogens with zero attached hydrogens (tertiary/aromatic N) is 5. The molecule has 7 nitrogen and oxygen atoms in total. The van der Waals surface area contributed by atoms with E-state index in [1.807, 2.05) is 24.3 Å². The molecule has 0 unspecified atom stereocenters. The van der Waals surface area contributed by atoms with E-state index in [2.05, 4.69) is 33.3 Å². The van der Waals surface area contributed by atoms with E-state index in [0.29, 0.717) is 28.9 Å². The van der Waals surface area contributed by atoms with Gasteiger partial charge in [-0.25, -0.2) is 4.98 Å². The van der Waals surface area contributed by atoms with Crippen LogP contribution in [0, 0.1) is 6.92 Å². The number of aryl methyl sites for hydroxylation is 2. The molecule has 0 atom stereocenters. The van der Waals surface area contributed by atoms with Crippen molar-refractivity contribution in [1.82, 2.24) is 25.0 Å². The van der Waals surface area contributed by atoms with E-state index >= 15 is 0 Å². The summed E-state index contributed by atoms with van der Waals surface area (Å²) >= 11 is 0. The van der Waals surface area contributed by atoms with Gasteiger partial charge in [0.05, 0.1) is 17.4 Å². The molecule has 0 aliphatic rings. The van der Waals surface area contributed by atoms with Crippen LogP contribution in [-0.2, 0) is 7.05 Å². The molecule has 0 saturated heterocycles. The zero-order chi connectivity index (χ0) is 16.0. The van der Waals surface area contributed by atoms with E-state index in [1.54, 1.807) is 17.9 Å². The fraction of sp³-hybridized carbons (Fsp3) is 0.125. The Morgan fingerprint density at radius 1 is 1.09 bits per heavy atom. The molecule has 114 valence electrons. The molecule has 0 fully saturated rings. The van der Waals surface area contributed by atoms with Gasteiger partial charge in [0.25, 0.3) is 11.8 Å². The third-order valence-electron chi connectivity index (χ3n) is 3.66. The van der Waals surface area contributed by atoms with Crippen molar-refractivity contribution in [3.05, 3.63) is 42.1 Å². The van der Waals surface area contributed by atoms with Crippen LogP contribution in [0.3, 0.4) is 0 Å². The molecular weight excluding hydrogens is 292 g/mol. The number of nitrogens with two attached hydrogens (primary N) is 1. The SMILES string of the molecule is Cc1ccc2nc(-c3nnc(-c4c(N)cnn4C)o3)ccc2c1. The minimum absolute atomic E-state index is 0.323. The van der Waals surface area contributed by atoms with Crippen molar-refractivity contribution in [3.8, 4) is 23.2 Å². The van der Waals surface area contributed by atoms with Crippen LogP contribution in [0.5, 0.6) is 0 Å². The Kier molecular flexibility index (Phi) is 2.87. The summed E-state index contributed by atoms with van der Waals surface area (Å²) in [4.78, 5) is 4.58. The van der Waals surface area contributed by atoms with Crippen LogP contribution >= 0.6 is 0 Å². The normalized spacial score (nSPS) is 11.2. The third-order valence-corrected chi connectivity index (χ3v) is 3.66. The Morgan fingerprint density at radius 3 is 2.70 bits per heavy atom. The van der Waals surface area contributed by atoms with Crippen LogP contribution in [0.1, 0.15) is 5.56 Å². The van der Waals surface area contributed by atoms with Crippen molar-refractivity contribution in [2.45, 2.75) is 6.92 Å². The van der Waals surface area contributed by atoms with Crippen LogP contribution < -0.4 is 5.73 Å². The second kappa shape index (κ2) is 4.91. The lowest BCUT2D eigenvalue weighted by Gasteiger charge is -2.01. The Bertz CT molecular complexity index is 997. The minimum atomic E-state index is 0.323. The fourth-order valence-electron chi connectivity index (χ4n) is 2.50. The highest BCUT2D eigenvalue weighted by molar-refractivity contribution is 5.81. The average molecular weight is 306 g/mol. The Morgan fingerprint density at radius 2 is 1.91 bits per heavy atom. The maximum Gasteiger partial charge on any atom is 0.268 e. The minimum Gasteiger partial charge on any atom is -0.413 e. The smallest absolute Gasteiger partial charge is 0.268 e. The molecular formula is C16H14N6O. The number of hydrogen-bond acceptors (Lipinski definition) is 6. The van der Waals surface area contributed by atoms with E-state index in [1.165, 1.54) is 5.56 Å². The zero-order valence-corrected chi connectivity index (χ0v) is 12.7. The first-order valence-corrected chi connectivity index (χ1v) is 7.11. The zero-order valence-electron chi connectivity index (χ0n) is 12.7. The third kappa shape index (κ3) is 2.22. The molecule has 3 aromatic heterocycles. The molecule has 0 saturated carbocycles. The first-order valence-electron chi connectivity index (χ1n) is 7.11. The first-order chi connectivity index (χ1) is 11.1. The second-order valence-electron chi connectivity index (χ2n) is 5.38. The van der Waals surface area contributed by atoms with Crippen molar-refractivity contribution < 1.29 is 4.42 Å². The van der Waals surface area contributed by atoms with Crippen molar-refractivity contribution >= 4 is 16.6 Å². The Hall–Kier alpha value is -3.22. The number of anilines is 1. The summed E-state index contributed by atoms with van der Waals surface area (Å²) in [6.07, 6.45) is 1.55. The molecule has 4 rings (SSSR count). The van der Waals surface area contributed by atoms with Gasteiger partial charge in [-0.1, -0.05) is 17.7 Å². The van der Waals surface area contributed by atoms with Crippen LogP contribution in [0.2, 0.25) is 0 Å². The molecule has 0 aliphatic heterocycles. The van der Waals surface area contributed by atoms with E-state index < -0.39 is 0 Å². The molecule has 0 spiro atoms. The summed E-state index contributed by atoms with van der Waals surface area (Å²) < 4.78 is 7.32. The molecule has 0 bridgehead atoms. The van der Waals surface area contributed by atoms with Gasteiger partial charge in [-0.05, 0) is 25.1 Å². The lowest BCUT2D eigenvalue weighted by atomic mass is 10.1. The highest BCUT2D eigenvalue weighted by Gasteiger charge is 2.17. The quantitative estimate of drug-likeness (QED) is 0.611. The molecule has 0 radical (unpaired) electrons. The summed E-state index contributed by atoms with van der Waals surface area (Å²) in [6, 6.07) is 9.94. The van der Waals surface area contributed by atoms with E-state index in [-0.39, 0.29) is 0 Å². The van der Waals surface area contributed by atoms with Gasteiger partial charge in [-0.15, -0.1) is 10.2 Å². The topological polar surface area (TPSA) is 95.6 Å². The summed E-state index contributed by atoms with van der Waals surface area (Å²) in [5.74, 6) is 0.673. The monoisotopic (exact) mass is 306 g/mol. The van der Waals surface area contributed by atoms with Crippen LogP contribution in [0.4, 0.5) is 5.69 Å². The molecule has 3 heterocycles.